The summed E-state index contributed by atoms with van der Waals surface area (Å²) in [6.45, 7) is 6.73. The lowest BCUT2D eigenvalue weighted by Crippen LogP contribution is -2.46. The topological polar surface area (TPSA) is 71.6 Å². The summed E-state index contributed by atoms with van der Waals surface area (Å²) in [6, 6.07) is 11.5. The molecule has 4 aromatic rings. The van der Waals surface area contributed by atoms with Crippen LogP contribution in [0.4, 0.5) is 5.82 Å². The highest BCUT2D eigenvalue weighted by Crippen LogP contribution is 2.19. The lowest BCUT2D eigenvalue weighted by molar-refractivity contribution is 0.243. The molecule has 0 spiro atoms. The first-order valence-corrected chi connectivity index (χ1v) is 10.5. The predicted molar refractivity (Wildman–Crippen MR) is 117 cm³/mol. The molecule has 9 heteroatoms. The molecule has 1 aromatic carbocycles. The third-order valence-corrected chi connectivity index (χ3v) is 5.89. The van der Waals surface area contributed by atoms with Gasteiger partial charge in [0.1, 0.15) is 5.82 Å². The number of fused-ring (bicyclic) bond motifs is 3. The van der Waals surface area contributed by atoms with Crippen molar-refractivity contribution in [2.75, 3.05) is 31.1 Å². The van der Waals surface area contributed by atoms with Crippen LogP contribution in [0.1, 0.15) is 12.7 Å². The van der Waals surface area contributed by atoms with Crippen LogP contribution in [0.15, 0.2) is 47.4 Å². The number of nitrogens with zero attached hydrogens (tertiary/aromatic N) is 7. The molecule has 5 rings (SSSR count). The molecule has 1 saturated heterocycles. The van der Waals surface area contributed by atoms with Gasteiger partial charge >= 0.3 is 0 Å². The average molecular weight is 424 g/mol. The number of piperazine rings is 1. The van der Waals surface area contributed by atoms with E-state index in [4.69, 9.17) is 11.6 Å². The number of anilines is 1. The van der Waals surface area contributed by atoms with E-state index in [-0.39, 0.29) is 5.56 Å². The Balaban J connectivity index is 1.42. The number of halogens is 1. The Morgan fingerprint density at radius 3 is 2.57 bits per heavy atom. The molecule has 0 radical (unpaired) electrons. The van der Waals surface area contributed by atoms with E-state index in [9.17, 15) is 4.79 Å². The maximum atomic E-state index is 12.8. The lowest BCUT2D eigenvalue weighted by Gasteiger charge is -2.35. The van der Waals surface area contributed by atoms with Gasteiger partial charge in [-0.15, -0.1) is 10.2 Å². The first kappa shape index (κ1) is 19.0. The van der Waals surface area contributed by atoms with Crippen LogP contribution in [0.2, 0.25) is 5.02 Å². The molecule has 3 aromatic heterocycles. The summed E-state index contributed by atoms with van der Waals surface area (Å²) < 4.78 is 3.70. The second-order valence-corrected chi connectivity index (χ2v) is 7.85. The molecule has 1 aliphatic heterocycles. The summed E-state index contributed by atoms with van der Waals surface area (Å²) >= 11 is 5.95. The van der Waals surface area contributed by atoms with Crippen molar-refractivity contribution in [2.45, 2.75) is 20.0 Å². The second kappa shape index (κ2) is 7.70. The first-order chi connectivity index (χ1) is 14.7. The van der Waals surface area contributed by atoms with E-state index in [1.807, 2.05) is 47.7 Å². The summed E-state index contributed by atoms with van der Waals surface area (Å²) in [6.07, 6.45) is 1.68. The van der Waals surface area contributed by atoms with E-state index in [1.165, 1.54) is 0 Å². The molecule has 0 N–H and O–H groups in total. The number of para-hydroxylation sites is 1. The van der Waals surface area contributed by atoms with Gasteiger partial charge in [-0.1, -0.05) is 23.7 Å². The van der Waals surface area contributed by atoms with Crippen molar-refractivity contribution in [2.24, 2.45) is 0 Å². The highest BCUT2D eigenvalue weighted by molar-refractivity contribution is 6.30. The highest BCUT2D eigenvalue weighted by Gasteiger charge is 2.21. The van der Waals surface area contributed by atoms with Gasteiger partial charge in [0.15, 0.2) is 5.82 Å². The summed E-state index contributed by atoms with van der Waals surface area (Å²) in [4.78, 5) is 21.9. The highest BCUT2D eigenvalue weighted by atomic mass is 35.5. The van der Waals surface area contributed by atoms with Gasteiger partial charge in [-0.2, -0.15) is 0 Å². The molecule has 0 aliphatic carbocycles. The molecule has 0 amide bonds. The fraction of sp³-hybridized carbons (Fsp3) is 0.333. The van der Waals surface area contributed by atoms with Gasteiger partial charge in [0.2, 0.25) is 5.78 Å². The molecule has 1 aliphatic rings. The molecule has 1 fully saturated rings. The Morgan fingerprint density at radius 2 is 1.83 bits per heavy atom. The molecule has 0 saturated carbocycles. The van der Waals surface area contributed by atoms with Gasteiger partial charge in [-0.3, -0.25) is 18.7 Å². The quantitative estimate of drug-likeness (QED) is 0.502. The Bertz CT molecular complexity index is 1260. The van der Waals surface area contributed by atoms with Crippen molar-refractivity contribution < 1.29 is 0 Å². The maximum Gasteiger partial charge on any atom is 0.262 e. The first-order valence-electron chi connectivity index (χ1n) is 10.1. The van der Waals surface area contributed by atoms with Crippen LogP contribution >= 0.6 is 11.6 Å². The Morgan fingerprint density at radius 1 is 1.03 bits per heavy atom. The minimum atomic E-state index is -0.0244. The number of aromatic nitrogens is 5. The zero-order valence-corrected chi connectivity index (χ0v) is 17.5. The summed E-state index contributed by atoms with van der Waals surface area (Å²) in [7, 11) is 0. The van der Waals surface area contributed by atoms with Crippen molar-refractivity contribution in [3.05, 3.63) is 63.8 Å². The van der Waals surface area contributed by atoms with Crippen molar-refractivity contribution in [3.8, 4) is 0 Å². The van der Waals surface area contributed by atoms with E-state index in [0.29, 0.717) is 29.3 Å². The summed E-state index contributed by atoms with van der Waals surface area (Å²) in [5.74, 6) is 2.40. The molecule has 154 valence electrons. The third-order valence-electron chi connectivity index (χ3n) is 5.66. The van der Waals surface area contributed by atoms with Crippen LogP contribution in [0, 0.1) is 0 Å². The molecule has 0 unspecified atom stereocenters. The van der Waals surface area contributed by atoms with E-state index >= 15 is 0 Å². The summed E-state index contributed by atoms with van der Waals surface area (Å²) in [5, 5.41) is 10.1. The molecular weight excluding hydrogens is 402 g/mol. The van der Waals surface area contributed by atoms with Gasteiger partial charge in [0.25, 0.3) is 5.56 Å². The van der Waals surface area contributed by atoms with Gasteiger partial charge in [0.05, 0.1) is 22.5 Å². The fourth-order valence-corrected chi connectivity index (χ4v) is 4.20. The van der Waals surface area contributed by atoms with Crippen LogP contribution in [0.25, 0.3) is 16.7 Å². The molecule has 30 heavy (non-hydrogen) atoms. The van der Waals surface area contributed by atoms with E-state index in [2.05, 4.69) is 25.0 Å². The minimum absolute atomic E-state index is 0.0244. The van der Waals surface area contributed by atoms with E-state index in [0.717, 1.165) is 43.3 Å². The maximum absolute atomic E-state index is 12.8. The molecule has 0 atom stereocenters. The Hall–Kier alpha value is -2.97. The van der Waals surface area contributed by atoms with Crippen molar-refractivity contribution in [3.63, 3.8) is 0 Å². The van der Waals surface area contributed by atoms with Gasteiger partial charge in [-0.25, -0.2) is 4.98 Å². The number of aryl methyl sites for hydroxylation is 1. The Kier molecular flexibility index (Phi) is 4.88. The number of hydrogen-bond acceptors (Lipinski definition) is 6. The molecule has 8 nitrogen and oxygen atoms in total. The smallest absolute Gasteiger partial charge is 0.262 e. The van der Waals surface area contributed by atoms with Crippen molar-refractivity contribution in [1.82, 2.24) is 29.0 Å². The fourth-order valence-electron chi connectivity index (χ4n) is 4.09. The van der Waals surface area contributed by atoms with Crippen LogP contribution in [-0.4, -0.2) is 55.2 Å². The molecular formula is C21H22ClN7O. The minimum Gasteiger partial charge on any atom is -0.354 e. The Labute approximate surface area is 178 Å². The SMILES string of the molecule is CCn1c(=O)c2ccccc2n2c(CN3CCN(c4ccc(Cl)cn4)CC3)nnc12. The van der Waals surface area contributed by atoms with Crippen molar-refractivity contribution in [1.29, 1.82) is 0 Å². The van der Waals surface area contributed by atoms with Gasteiger partial charge < -0.3 is 4.90 Å². The number of rotatable bonds is 4. The normalized spacial score (nSPS) is 15.3. The van der Waals surface area contributed by atoms with Crippen LogP contribution in [-0.2, 0) is 13.1 Å². The van der Waals surface area contributed by atoms with E-state index in [1.54, 1.807) is 10.8 Å². The van der Waals surface area contributed by atoms with Gasteiger partial charge in [0, 0.05) is 38.9 Å². The van der Waals surface area contributed by atoms with Gasteiger partial charge in [-0.05, 0) is 31.2 Å². The predicted octanol–water partition coefficient (Wildman–Crippen LogP) is 2.43. The number of benzene rings is 1. The second-order valence-electron chi connectivity index (χ2n) is 7.42. The zero-order valence-electron chi connectivity index (χ0n) is 16.7. The van der Waals surface area contributed by atoms with Crippen LogP contribution in [0.5, 0.6) is 0 Å². The molecule has 4 heterocycles. The largest absolute Gasteiger partial charge is 0.354 e. The van der Waals surface area contributed by atoms with E-state index < -0.39 is 0 Å². The number of pyridine rings is 1. The molecule has 0 bridgehead atoms. The average Bonchev–Trinajstić information content (AvgIpc) is 3.19. The number of hydrogen-bond donors (Lipinski definition) is 0. The van der Waals surface area contributed by atoms with Crippen molar-refractivity contribution >= 4 is 34.1 Å². The third kappa shape index (κ3) is 3.22. The standard InChI is InChI=1S/C21H22ClN7O/c1-2-28-20(30)16-5-3-4-6-17(16)29-19(24-25-21(28)29)14-26-9-11-27(12-10-26)18-8-7-15(22)13-23-18/h3-8,13H,2,9-12,14H2,1H3. The lowest BCUT2D eigenvalue weighted by atomic mass is 10.2. The zero-order chi connectivity index (χ0) is 20.7. The monoisotopic (exact) mass is 423 g/mol. The summed E-state index contributed by atoms with van der Waals surface area (Å²) in [5.41, 5.74) is 0.829. The van der Waals surface area contributed by atoms with Crippen LogP contribution < -0.4 is 10.5 Å². The van der Waals surface area contributed by atoms with Crippen LogP contribution in [0.3, 0.4) is 0 Å².